The summed E-state index contributed by atoms with van der Waals surface area (Å²) in [6.07, 6.45) is 0.345. The highest BCUT2D eigenvalue weighted by atomic mass is 16.5. The van der Waals surface area contributed by atoms with Crippen LogP contribution in [0, 0.1) is 0 Å². The fraction of sp³-hybridized carbons (Fsp3) is 0.286. The monoisotopic (exact) mass is 321 g/mol. The Morgan fingerprint density at radius 1 is 1.21 bits per heavy atom. The zero-order valence-electron chi connectivity index (χ0n) is 14.2. The first-order valence-corrected chi connectivity index (χ1v) is 8.26. The van der Waals surface area contributed by atoms with E-state index in [0.717, 1.165) is 23.2 Å². The minimum absolute atomic E-state index is 0.00523. The van der Waals surface area contributed by atoms with Gasteiger partial charge in [-0.25, -0.2) is 0 Å². The number of methoxy groups -OCH3 is 1. The van der Waals surface area contributed by atoms with E-state index < -0.39 is 0 Å². The highest BCUT2D eigenvalue weighted by Crippen LogP contribution is 2.41. The Labute approximate surface area is 143 Å². The molecule has 0 saturated carbocycles. The normalized spacial score (nSPS) is 18.8. The third-order valence-electron chi connectivity index (χ3n) is 4.84. The van der Waals surface area contributed by atoms with Crippen LogP contribution in [0.25, 0.3) is 5.57 Å². The van der Waals surface area contributed by atoms with E-state index in [-0.39, 0.29) is 18.1 Å². The van der Waals surface area contributed by atoms with Crippen molar-refractivity contribution < 1.29 is 9.53 Å². The predicted molar refractivity (Wildman–Crippen MR) is 96.4 cm³/mol. The van der Waals surface area contributed by atoms with Crippen LogP contribution >= 0.6 is 0 Å². The van der Waals surface area contributed by atoms with Crippen LogP contribution in [0.2, 0.25) is 0 Å². The lowest BCUT2D eigenvalue weighted by atomic mass is 9.86. The highest BCUT2D eigenvalue weighted by Gasteiger charge is 2.34. The molecule has 0 bridgehead atoms. The van der Waals surface area contributed by atoms with E-state index in [9.17, 15) is 4.79 Å². The van der Waals surface area contributed by atoms with Crippen LogP contribution in [0.4, 0.5) is 0 Å². The second kappa shape index (κ2) is 7.02. The van der Waals surface area contributed by atoms with Crippen molar-refractivity contribution in [3.05, 3.63) is 77.9 Å². The van der Waals surface area contributed by atoms with Gasteiger partial charge >= 0.3 is 5.97 Å². The first-order valence-electron chi connectivity index (χ1n) is 8.26. The number of carbonyl (C=O) groups excluding carboxylic acids is 1. The molecule has 0 fully saturated rings. The fourth-order valence-corrected chi connectivity index (χ4v) is 3.50. The van der Waals surface area contributed by atoms with Gasteiger partial charge in [0.2, 0.25) is 0 Å². The van der Waals surface area contributed by atoms with Gasteiger partial charge in [0.25, 0.3) is 0 Å². The van der Waals surface area contributed by atoms with E-state index in [2.05, 4.69) is 42.7 Å². The highest BCUT2D eigenvalue weighted by molar-refractivity contribution is 5.74. The second-order valence-corrected chi connectivity index (χ2v) is 6.25. The zero-order chi connectivity index (χ0) is 17.1. The molecular weight excluding hydrogens is 298 g/mol. The molecule has 2 atom stereocenters. The number of nitrogens with zero attached hydrogens (tertiary/aromatic N) is 1. The number of carbonyl (C=O) groups is 1. The van der Waals surface area contributed by atoms with Crippen molar-refractivity contribution in [1.29, 1.82) is 0 Å². The summed E-state index contributed by atoms with van der Waals surface area (Å²) in [6.45, 7) is 7.18. The summed E-state index contributed by atoms with van der Waals surface area (Å²) in [5.74, 6) is -0.187. The molecule has 1 heterocycles. The fourth-order valence-electron chi connectivity index (χ4n) is 3.50. The number of fused-ring (bicyclic) bond motifs is 1. The molecule has 0 amide bonds. The summed E-state index contributed by atoms with van der Waals surface area (Å²) in [5, 5.41) is 0. The minimum atomic E-state index is -0.187. The lowest BCUT2D eigenvalue weighted by molar-refractivity contribution is -0.142. The van der Waals surface area contributed by atoms with Crippen molar-refractivity contribution in [3.8, 4) is 0 Å². The first-order chi connectivity index (χ1) is 11.6. The van der Waals surface area contributed by atoms with Crippen molar-refractivity contribution in [1.82, 2.24) is 4.90 Å². The van der Waals surface area contributed by atoms with Gasteiger partial charge in [-0.05, 0) is 29.2 Å². The molecule has 2 aromatic rings. The van der Waals surface area contributed by atoms with Crippen LogP contribution < -0.4 is 0 Å². The van der Waals surface area contributed by atoms with E-state index >= 15 is 0 Å². The molecule has 3 rings (SSSR count). The van der Waals surface area contributed by atoms with Gasteiger partial charge in [0.05, 0.1) is 13.5 Å². The largest absolute Gasteiger partial charge is 0.469 e. The topological polar surface area (TPSA) is 29.5 Å². The molecule has 1 aliphatic rings. The first kappa shape index (κ1) is 16.5. The van der Waals surface area contributed by atoms with Crippen molar-refractivity contribution in [2.24, 2.45) is 0 Å². The van der Waals surface area contributed by atoms with Gasteiger partial charge in [-0.2, -0.15) is 0 Å². The van der Waals surface area contributed by atoms with E-state index in [0.29, 0.717) is 6.42 Å². The van der Waals surface area contributed by atoms with Crippen LogP contribution in [0.15, 0.2) is 61.2 Å². The molecule has 0 spiro atoms. The van der Waals surface area contributed by atoms with Crippen LogP contribution in [0.3, 0.4) is 0 Å². The Kier molecular flexibility index (Phi) is 4.81. The Morgan fingerprint density at radius 3 is 2.58 bits per heavy atom. The van der Waals surface area contributed by atoms with Crippen LogP contribution in [-0.4, -0.2) is 24.5 Å². The van der Waals surface area contributed by atoms with E-state index in [1.165, 1.54) is 12.7 Å². The third-order valence-corrected chi connectivity index (χ3v) is 4.84. The van der Waals surface area contributed by atoms with Gasteiger partial charge in [0.1, 0.15) is 0 Å². The Balaban J connectivity index is 2.00. The van der Waals surface area contributed by atoms with Crippen LogP contribution in [0.5, 0.6) is 0 Å². The predicted octanol–water partition coefficient (Wildman–Crippen LogP) is 4.38. The molecule has 0 radical (unpaired) electrons. The second-order valence-electron chi connectivity index (χ2n) is 6.25. The van der Waals surface area contributed by atoms with Crippen molar-refractivity contribution in [3.63, 3.8) is 0 Å². The Hall–Kier alpha value is -2.39. The molecule has 3 nitrogen and oxygen atoms in total. The Bertz CT molecular complexity index is 739. The van der Waals surface area contributed by atoms with Gasteiger partial charge in [0, 0.05) is 18.6 Å². The average Bonchev–Trinajstić information content (AvgIpc) is 2.64. The summed E-state index contributed by atoms with van der Waals surface area (Å²) in [7, 11) is 1.45. The maximum Gasteiger partial charge on any atom is 0.307 e. The van der Waals surface area contributed by atoms with Crippen molar-refractivity contribution in [2.45, 2.75) is 25.4 Å². The Morgan fingerprint density at radius 2 is 1.88 bits per heavy atom. The number of ether oxygens (including phenoxy) is 1. The van der Waals surface area contributed by atoms with Gasteiger partial charge in [0.15, 0.2) is 0 Å². The lowest BCUT2D eigenvalue weighted by Crippen LogP contribution is -2.38. The van der Waals surface area contributed by atoms with Crippen LogP contribution in [-0.2, 0) is 9.53 Å². The smallest absolute Gasteiger partial charge is 0.307 e. The molecular formula is C21H23NO2. The maximum atomic E-state index is 12.0. The summed E-state index contributed by atoms with van der Waals surface area (Å²) in [5.41, 5.74) is 4.64. The van der Waals surface area contributed by atoms with Gasteiger partial charge in [-0.1, -0.05) is 61.2 Å². The molecule has 0 aromatic heterocycles. The maximum absolute atomic E-state index is 12.0. The summed E-state index contributed by atoms with van der Waals surface area (Å²) in [6, 6.07) is 18.8. The lowest BCUT2D eigenvalue weighted by Gasteiger charge is -2.41. The molecule has 124 valence electrons. The van der Waals surface area contributed by atoms with E-state index in [4.69, 9.17) is 4.74 Å². The zero-order valence-corrected chi connectivity index (χ0v) is 14.2. The summed E-state index contributed by atoms with van der Waals surface area (Å²) >= 11 is 0. The minimum Gasteiger partial charge on any atom is -0.469 e. The quantitative estimate of drug-likeness (QED) is 0.783. The molecule has 3 heteroatoms. The van der Waals surface area contributed by atoms with Crippen molar-refractivity contribution in [2.75, 3.05) is 13.7 Å². The molecule has 2 aromatic carbocycles. The van der Waals surface area contributed by atoms with Gasteiger partial charge < -0.3 is 4.74 Å². The van der Waals surface area contributed by atoms with Crippen molar-refractivity contribution >= 4 is 11.5 Å². The number of benzene rings is 2. The van der Waals surface area contributed by atoms with Gasteiger partial charge in [-0.3, -0.25) is 9.69 Å². The summed E-state index contributed by atoms with van der Waals surface area (Å²) in [4.78, 5) is 14.3. The standard InChI is InChI=1S/C21H23NO2/c1-15-14-22(16(2)17-9-5-4-6-10-17)20(13-21(23)24-3)19-12-8-7-11-18(15)19/h4-12,16,20H,1,13-14H2,2-3H3/t16-,20?/m1/s1. The molecule has 24 heavy (non-hydrogen) atoms. The molecule has 0 saturated heterocycles. The van der Waals surface area contributed by atoms with E-state index in [1.807, 2.05) is 30.3 Å². The van der Waals surface area contributed by atoms with Crippen LogP contribution in [0.1, 0.15) is 42.1 Å². The number of hydrogen-bond donors (Lipinski definition) is 0. The molecule has 1 unspecified atom stereocenters. The van der Waals surface area contributed by atoms with E-state index in [1.54, 1.807) is 0 Å². The molecule has 0 N–H and O–H groups in total. The number of esters is 1. The number of rotatable bonds is 4. The molecule has 1 aliphatic heterocycles. The summed E-state index contributed by atoms with van der Waals surface area (Å²) < 4.78 is 4.94. The van der Waals surface area contributed by atoms with Gasteiger partial charge in [-0.15, -0.1) is 0 Å². The molecule has 0 aliphatic carbocycles. The average molecular weight is 321 g/mol. The third kappa shape index (κ3) is 3.13. The SMILES string of the molecule is C=C1CN([C@H](C)c2ccccc2)C(CC(=O)OC)c2ccccc21. The number of hydrogen-bond acceptors (Lipinski definition) is 3.